The second-order valence-electron chi connectivity index (χ2n) is 5.63. The van der Waals surface area contributed by atoms with Crippen LogP contribution in [0.2, 0.25) is 0 Å². The zero-order valence-electron chi connectivity index (χ0n) is 12.8. The van der Waals surface area contributed by atoms with Crippen LogP contribution in [0, 0.1) is 0 Å². The van der Waals surface area contributed by atoms with Crippen LogP contribution in [0.15, 0.2) is 30.3 Å². The van der Waals surface area contributed by atoms with Gasteiger partial charge in [0.25, 0.3) is 5.91 Å². The first kappa shape index (κ1) is 15.5. The summed E-state index contributed by atoms with van der Waals surface area (Å²) in [4.78, 5) is 44.1. The van der Waals surface area contributed by atoms with Crippen molar-refractivity contribution >= 4 is 17.8 Å². The third-order valence-corrected chi connectivity index (χ3v) is 3.97. The maximum Gasteiger partial charge on any atom is 0.352 e. The number of nitrogens with zero attached hydrogens (tertiary/aromatic N) is 3. The first-order valence-corrected chi connectivity index (χ1v) is 7.71. The number of urea groups is 1. The van der Waals surface area contributed by atoms with Crippen molar-refractivity contribution in [3.05, 3.63) is 35.9 Å². The molecule has 0 spiro atoms. The SMILES string of the molecule is O=C1CCCN1CCON1C(=O)CN(Cc2ccccc2)C1=O. The van der Waals surface area contributed by atoms with E-state index in [9.17, 15) is 14.4 Å². The number of likely N-dealkylation sites (tertiary alicyclic amines) is 1. The number of rotatable bonds is 6. The molecule has 23 heavy (non-hydrogen) atoms. The van der Waals surface area contributed by atoms with E-state index in [-0.39, 0.29) is 25.0 Å². The fourth-order valence-electron chi connectivity index (χ4n) is 2.77. The molecule has 0 N–H and O–H groups in total. The van der Waals surface area contributed by atoms with Gasteiger partial charge in [0.15, 0.2) is 0 Å². The van der Waals surface area contributed by atoms with Gasteiger partial charge >= 0.3 is 6.03 Å². The Hall–Kier alpha value is -2.41. The van der Waals surface area contributed by atoms with Crippen LogP contribution in [0.4, 0.5) is 4.79 Å². The van der Waals surface area contributed by atoms with Crippen molar-refractivity contribution in [2.24, 2.45) is 0 Å². The lowest BCUT2D eigenvalue weighted by atomic mass is 10.2. The fraction of sp³-hybridized carbons (Fsp3) is 0.438. The maximum absolute atomic E-state index is 12.2. The number of imide groups is 1. The molecule has 7 nitrogen and oxygen atoms in total. The van der Waals surface area contributed by atoms with Crippen LogP contribution in [0.3, 0.4) is 0 Å². The number of hydrogen-bond donors (Lipinski definition) is 0. The number of hydrogen-bond acceptors (Lipinski definition) is 4. The summed E-state index contributed by atoms with van der Waals surface area (Å²) in [5.41, 5.74) is 0.957. The van der Waals surface area contributed by atoms with E-state index in [1.165, 1.54) is 4.90 Å². The summed E-state index contributed by atoms with van der Waals surface area (Å²) in [6, 6.07) is 9.03. The van der Waals surface area contributed by atoms with Crippen molar-refractivity contribution in [2.75, 3.05) is 26.2 Å². The third-order valence-electron chi connectivity index (χ3n) is 3.97. The van der Waals surface area contributed by atoms with Crippen LogP contribution in [-0.4, -0.2) is 58.9 Å². The monoisotopic (exact) mass is 317 g/mol. The Morgan fingerprint density at radius 2 is 1.78 bits per heavy atom. The smallest absolute Gasteiger partial charge is 0.340 e. The summed E-state index contributed by atoms with van der Waals surface area (Å²) in [5, 5.41) is 0.809. The van der Waals surface area contributed by atoms with Crippen molar-refractivity contribution in [3.8, 4) is 0 Å². The van der Waals surface area contributed by atoms with Crippen LogP contribution in [-0.2, 0) is 21.0 Å². The summed E-state index contributed by atoms with van der Waals surface area (Å²) >= 11 is 0. The van der Waals surface area contributed by atoms with Crippen LogP contribution in [0.1, 0.15) is 18.4 Å². The van der Waals surface area contributed by atoms with Gasteiger partial charge in [-0.1, -0.05) is 30.3 Å². The largest absolute Gasteiger partial charge is 0.352 e. The topological polar surface area (TPSA) is 70.2 Å². The van der Waals surface area contributed by atoms with Gasteiger partial charge < -0.3 is 9.80 Å². The van der Waals surface area contributed by atoms with Gasteiger partial charge in [-0.2, -0.15) is 0 Å². The van der Waals surface area contributed by atoms with Crippen LogP contribution < -0.4 is 0 Å². The summed E-state index contributed by atoms with van der Waals surface area (Å²) in [7, 11) is 0. The Morgan fingerprint density at radius 3 is 2.48 bits per heavy atom. The van der Waals surface area contributed by atoms with Crippen molar-refractivity contribution in [3.63, 3.8) is 0 Å². The predicted molar refractivity (Wildman–Crippen MR) is 80.9 cm³/mol. The standard InChI is InChI=1S/C16H19N3O4/c20-14-7-4-8-17(14)9-10-23-19-15(21)12-18(16(19)22)11-13-5-2-1-3-6-13/h1-3,5-6H,4,7-12H2. The van der Waals surface area contributed by atoms with Gasteiger partial charge in [0.1, 0.15) is 6.54 Å². The van der Waals surface area contributed by atoms with Crippen LogP contribution >= 0.6 is 0 Å². The van der Waals surface area contributed by atoms with Crippen molar-refractivity contribution in [1.82, 2.24) is 14.9 Å². The molecule has 7 heteroatoms. The molecule has 2 heterocycles. The molecule has 2 saturated heterocycles. The van der Waals surface area contributed by atoms with Crippen LogP contribution in [0.25, 0.3) is 0 Å². The molecule has 0 bridgehead atoms. The molecular weight excluding hydrogens is 298 g/mol. The highest BCUT2D eigenvalue weighted by Crippen LogP contribution is 2.15. The normalized spacial score (nSPS) is 18.4. The second kappa shape index (κ2) is 6.78. The maximum atomic E-state index is 12.2. The molecule has 2 aliphatic rings. The molecule has 0 aromatic heterocycles. The molecule has 4 amide bonds. The Balaban J connectivity index is 1.51. The van der Waals surface area contributed by atoms with Crippen molar-refractivity contribution in [2.45, 2.75) is 19.4 Å². The number of amides is 4. The molecular formula is C16H19N3O4. The minimum atomic E-state index is -0.452. The minimum absolute atomic E-state index is 0.0103. The van der Waals surface area contributed by atoms with E-state index in [0.29, 0.717) is 26.1 Å². The van der Waals surface area contributed by atoms with Crippen molar-refractivity contribution < 1.29 is 19.2 Å². The summed E-state index contributed by atoms with van der Waals surface area (Å²) in [5.74, 6) is -0.281. The number of hydroxylamine groups is 2. The number of carbonyl (C=O) groups excluding carboxylic acids is 3. The Labute approximate surface area is 134 Å². The third kappa shape index (κ3) is 3.50. The van der Waals surface area contributed by atoms with Gasteiger partial charge in [0, 0.05) is 26.1 Å². The predicted octanol–water partition coefficient (Wildman–Crippen LogP) is 1.00. The molecule has 0 saturated carbocycles. The van der Waals surface area contributed by atoms with E-state index in [4.69, 9.17) is 4.84 Å². The highest BCUT2D eigenvalue weighted by atomic mass is 16.7. The lowest BCUT2D eigenvalue weighted by molar-refractivity contribution is -0.163. The molecule has 1 aromatic carbocycles. The average Bonchev–Trinajstić information content (AvgIpc) is 3.06. The molecule has 0 radical (unpaired) electrons. The fourth-order valence-corrected chi connectivity index (χ4v) is 2.77. The second-order valence-corrected chi connectivity index (χ2v) is 5.63. The van der Waals surface area contributed by atoms with Gasteiger partial charge in [-0.15, -0.1) is 5.06 Å². The zero-order valence-corrected chi connectivity index (χ0v) is 12.8. The minimum Gasteiger partial charge on any atom is -0.340 e. The van der Waals surface area contributed by atoms with Gasteiger partial charge in [0.2, 0.25) is 5.91 Å². The lowest BCUT2D eigenvalue weighted by Gasteiger charge is -2.19. The lowest BCUT2D eigenvalue weighted by Crippen LogP contribution is -2.36. The molecule has 2 fully saturated rings. The van der Waals surface area contributed by atoms with Crippen molar-refractivity contribution in [1.29, 1.82) is 0 Å². The summed E-state index contributed by atoms with van der Waals surface area (Å²) in [6.45, 7) is 1.63. The quantitative estimate of drug-likeness (QED) is 0.734. The van der Waals surface area contributed by atoms with E-state index < -0.39 is 6.03 Å². The van der Waals surface area contributed by atoms with E-state index in [2.05, 4.69) is 0 Å². The summed E-state index contributed by atoms with van der Waals surface area (Å²) < 4.78 is 0. The molecule has 3 rings (SSSR count). The van der Waals surface area contributed by atoms with E-state index >= 15 is 0 Å². The first-order chi connectivity index (χ1) is 11.1. The first-order valence-electron chi connectivity index (χ1n) is 7.71. The van der Waals surface area contributed by atoms with E-state index in [1.807, 2.05) is 30.3 Å². The van der Waals surface area contributed by atoms with Gasteiger partial charge in [0.05, 0.1) is 6.61 Å². The number of benzene rings is 1. The Kier molecular flexibility index (Phi) is 4.57. The summed E-state index contributed by atoms with van der Waals surface area (Å²) in [6.07, 6.45) is 1.41. The Morgan fingerprint density at radius 1 is 1.00 bits per heavy atom. The van der Waals surface area contributed by atoms with Gasteiger partial charge in [-0.05, 0) is 12.0 Å². The number of carbonyl (C=O) groups is 3. The molecule has 0 atom stereocenters. The molecule has 122 valence electrons. The highest BCUT2D eigenvalue weighted by Gasteiger charge is 2.37. The molecule has 2 aliphatic heterocycles. The van der Waals surface area contributed by atoms with Gasteiger partial charge in [-0.25, -0.2) is 4.79 Å². The highest BCUT2D eigenvalue weighted by molar-refractivity contribution is 6.00. The Bertz CT molecular complexity index is 605. The van der Waals surface area contributed by atoms with E-state index in [0.717, 1.165) is 17.0 Å². The molecule has 0 unspecified atom stereocenters. The van der Waals surface area contributed by atoms with Crippen LogP contribution in [0.5, 0.6) is 0 Å². The van der Waals surface area contributed by atoms with E-state index in [1.54, 1.807) is 4.90 Å². The molecule has 1 aromatic rings. The average molecular weight is 317 g/mol. The zero-order chi connectivity index (χ0) is 16.2. The molecule has 0 aliphatic carbocycles. The van der Waals surface area contributed by atoms with Gasteiger partial charge in [-0.3, -0.25) is 14.4 Å².